The van der Waals surface area contributed by atoms with Crippen molar-refractivity contribution in [2.75, 3.05) is 5.73 Å². The van der Waals surface area contributed by atoms with Gasteiger partial charge in [-0.25, -0.2) is 9.07 Å². The molecule has 0 bridgehead atoms. The second-order valence-electron chi connectivity index (χ2n) is 3.90. The van der Waals surface area contributed by atoms with Crippen LogP contribution in [-0.2, 0) is 0 Å². The molecule has 9 heteroatoms. The van der Waals surface area contributed by atoms with E-state index in [1.54, 1.807) is 18.5 Å². The van der Waals surface area contributed by atoms with Crippen molar-refractivity contribution in [3.8, 4) is 17.7 Å². The molecule has 0 saturated carbocycles. The van der Waals surface area contributed by atoms with E-state index < -0.39 is 5.82 Å². The molecule has 0 amide bonds. The van der Waals surface area contributed by atoms with Gasteiger partial charge >= 0.3 is 6.01 Å². The second-order valence-corrected chi connectivity index (χ2v) is 4.31. The van der Waals surface area contributed by atoms with Crippen molar-refractivity contribution in [2.24, 2.45) is 0 Å². The van der Waals surface area contributed by atoms with E-state index in [0.29, 0.717) is 0 Å². The summed E-state index contributed by atoms with van der Waals surface area (Å²) in [4.78, 5) is 11.8. The summed E-state index contributed by atoms with van der Waals surface area (Å²) in [7, 11) is 0. The maximum atomic E-state index is 13.4. The molecule has 0 unspecified atom stereocenters. The Bertz CT molecular complexity index is 779. The molecule has 21 heavy (non-hydrogen) atoms. The van der Waals surface area contributed by atoms with Crippen LogP contribution in [0.15, 0.2) is 36.7 Å². The predicted octanol–water partition coefficient (Wildman–Crippen LogP) is 2.22. The van der Waals surface area contributed by atoms with E-state index in [1.807, 2.05) is 0 Å². The number of anilines is 1. The van der Waals surface area contributed by atoms with Gasteiger partial charge in [-0.3, -0.25) is 0 Å². The van der Waals surface area contributed by atoms with Gasteiger partial charge in [-0.15, -0.1) is 0 Å². The highest BCUT2D eigenvalue weighted by Gasteiger charge is 2.10. The van der Waals surface area contributed by atoms with Gasteiger partial charge in [0.05, 0.1) is 5.02 Å². The molecule has 0 radical (unpaired) electrons. The van der Waals surface area contributed by atoms with E-state index in [1.165, 1.54) is 16.8 Å². The van der Waals surface area contributed by atoms with Crippen molar-refractivity contribution in [3.05, 3.63) is 47.5 Å². The molecule has 106 valence electrons. The van der Waals surface area contributed by atoms with Gasteiger partial charge in [0.15, 0.2) is 0 Å². The minimum Gasteiger partial charge on any atom is -0.424 e. The van der Waals surface area contributed by atoms with Crippen LogP contribution in [0, 0.1) is 5.82 Å². The first-order valence-corrected chi connectivity index (χ1v) is 6.14. The summed E-state index contributed by atoms with van der Waals surface area (Å²) in [6.45, 7) is 0. The number of ether oxygens (including phenoxy) is 1. The van der Waals surface area contributed by atoms with Gasteiger partial charge in [-0.2, -0.15) is 20.1 Å². The highest BCUT2D eigenvalue weighted by atomic mass is 35.5. The van der Waals surface area contributed by atoms with E-state index >= 15 is 0 Å². The van der Waals surface area contributed by atoms with E-state index in [9.17, 15) is 4.39 Å². The molecule has 2 N–H and O–H groups in total. The Morgan fingerprint density at radius 2 is 2.10 bits per heavy atom. The number of hydrogen-bond donors (Lipinski definition) is 1. The number of benzene rings is 1. The van der Waals surface area contributed by atoms with Crippen LogP contribution in [0.25, 0.3) is 5.95 Å². The smallest absolute Gasteiger partial charge is 0.328 e. The summed E-state index contributed by atoms with van der Waals surface area (Å²) in [5, 5.41) is 3.97. The molecular weight excluding hydrogens is 299 g/mol. The zero-order chi connectivity index (χ0) is 14.8. The van der Waals surface area contributed by atoms with Crippen LogP contribution in [0.4, 0.5) is 10.3 Å². The zero-order valence-corrected chi connectivity index (χ0v) is 11.2. The Hall–Kier alpha value is -2.74. The third kappa shape index (κ3) is 2.90. The van der Waals surface area contributed by atoms with Crippen LogP contribution < -0.4 is 10.5 Å². The van der Waals surface area contributed by atoms with Crippen LogP contribution in [0.2, 0.25) is 5.02 Å². The summed E-state index contributed by atoms with van der Waals surface area (Å²) in [6.07, 6.45) is 3.20. The average molecular weight is 307 g/mol. The Morgan fingerprint density at radius 1 is 1.24 bits per heavy atom. The summed E-state index contributed by atoms with van der Waals surface area (Å²) in [5.41, 5.74) is 5.59. The Kier molecular flexibility index (Phi) is 3.36. The normalized spacial score (nSPS) is 10.6. The van der Waals surface area contributed by atoms with Crippen LogP contribution in [-0.4, -0.2) is 24.7 Å². The lowest BCUT2D eigenvalue weighted by atomic mass is 10.3. The molecule has 0 aliphatic rings. The molecule has 1 aromatic carbocycles. The maximum absolute atomic E-state index is 13.4. The first kappa shape index (κ1) is 13.3. The minimum atomic E-state index is -0.608. The first-order valence-electron chi connectivity index (χ1n) is 5.76. The van der Waals surface area contributed by atoms with Gasteiger partial charge in [0.2, 0.25) is 5.95 Å². The summed E-state index contributed by atoms with van der Waals surface area (Å²) in [5.74, 6) is -0.269. The maximum Gasteiger partial charge on any atom is 0.328 e. The molecule has 0 fully saturated rings. The molecule has 3 aromatic rings. The number of nitrogens with zero attached hydrogens (tertiary/aromatic N) is 5. The standard InChI is InChI=1S/C12H8ClFN6O/c13-8-3-2-7(6-9(8)14)21-12-18-10(15)17-11(19-12)20-5-1-4-16-20/h1-6H,(H2,15,17,18,19). The molecule has 0 saturated heterocycles. The Labute approximate surface area is 123 Å². The fourth-order valence-electron chi connectivity index (χ4n) is 1.54. The molecule has 2 heterocycles. The molecule has 3 rings (SSSR count). The number of aromatic nitrogens is 5. The third-order valence-corrected chi connectivity index (χ3v) is 2.74. The SMILES string of the molecule is Nc1nc(Oc2ccc(Cl)c(F)c2)nc(-n2cccn2)n1. The van der Waals surface area contributed by atoms with Crippen molar-refractivity contribution in [2.45, 2.75) is 0 Å². The average Bonchev–Trinajstić information content (AvgIpc) is 2.96. The van der Waals surface area contributed by atoms with Gasteiger partial charge in [0.25, 0.3) is 5.95 Å². The number of nitrogens with two attached hydrogens (primary N) is 1. The van der Waals surface area contributed by atoms with Crippen molar-refractivity contribution in [1.82, 2.24) is 24.7 Å². The molecule has 0 atom stereocenters. The Morgan fingerprint density at radius 3 is 2.81 bits per heavy atom. The number of rotatable bonds is 3. The molecular formula is C12H8ClFN6O. The monoisotopic (exact) mass is 306 g/mol. The van der Waals surface area contributed by atoms with E-state index in [4.69, 9.17) is 22.1 Å². The zero-order valence-electron chi connectivity index (χ0n) is 10.4. The highest BCUT2D eigenvalue weighted by molar-refractivity contribution is 6.30. The lowest BCUT2D eigenvalue weighted by molar-refractivity contribution is 0.435. The third-order valence-electron chi connectivity index (χ3n) is 2.43. The summed E-state index contributed by atoms with van der Waals surface area (Å²) >= 11 is 5.60. The first-order chi connectivity index (χ1) is 10.1. The molecule has 7 nitrogen and oxygen atoms in total. The second kappa shape index (κ2) is 5.33. The van der Waals surface area contributed by atoms with E-state index in [0.717, 1.165) is 6.07 Å². The quantitative estimate of drug-likeness (QED) is 0.797. The summed E-state index contributed by atoms with van der Waals surface area (Å²) in [6, 6.07) is 5.60. The van der Waals surface area contributed by atoms with E-state index in [2.05, 4.69) is 20.1 Å². The number of halogens is 2. The number of nitrogen functional groups attached to an aromatic ring is 1. The van der Waals surface area contributed by atoms with Crippen molar-refractivity contribution >= 4 is 17.5 Å². The van der Waals surface area contributed by atoms with Gasteiger partial charge in [0, 0.05) is 18.5 Å². The van der Waals surface area contributed by atoms with Gasteiger partial charge in [-0.1, -0.05) is 11.6 Å². The fourth-order valence-corrected chi connectivity index (χ4v) is 1.66. The van der Waals surface area contributed by atoms with Crippen molar-refractivity contribution < 1.29 is 9.13 Å². The molecule has 0 aliphatic heterocycles. The van der Waals surface area contributed by atoms with Crippen LogP contribution in [0.5, 0.6) is 11.8 Å². The van der Waals surface area contributed by atoms with Gasteiger partial charge in [0.1, 0.15) is 11.6 Å². The van der Waals surface area contributed by atoms with Crippen LogP contribution in [0.1, 0.15) is 0 Å². The van der Waals surface area contributed by atoms with Gasteiger partial charge in [-0.05, 0) is 18.2 Å². The molecule has 0 spiro atoms. The highest BCUT2D eigenvalue weighted by Crippen LogP contribution is 2.24. The lowest BCUT2D eigenvalue weighted by Gasteiger charge is -2.06. The largest absolute Gasteiger partial charge is 0.424 e. The molecule has 0 aliphatic carbocycles. The van der Waals surface area contributed by atoms with Crippen LogP contribution in [0.3, 0.4) is 0 Å². The van der Waals surface area contributed by atoms with Crippen molar-refractivity contribution in [3.63, 3.8) is 0 Å². The summed E-state index contributed by atoms with van der Waals surface area (Å²) < 4.78 is 20.1. The van der Waals surface area contributed by atoms with E-state index in [-0.39, 0.29) is 28.7 Å². The Balaban J connectivity index is 1.93. The predicted molar refractivity (Wildman–Crippen MR) is 72.8 cm³/mol. The van der Waals surface area contributed by atoms with Gasteiger partial charge < -0.3 is 10.5 Å². The van der Waals surface area contributed by atoms with Crippen LogP contribution >= 0.6 is 11.6 Å². The number of hydrogen-bond acceptors (Lipinski definition) is 6. The minimum absolute atomic E-state index is 0.00487. The molecule has 2 aromatic heterocycles. The van der Waals surface area contributed by atoms with Crippen molar-refractivity contribution in [1.29, 1.82) is 0 Å². The lowest BCUT2D eigenvalue weighted by Crippen LogP contribution is -2.07. The topological polar surface area (TPSA) is 91.7 Å². The fraction of sp³-hybridized carbons (Fsp3) is 0.